The third-order valence-electron chi connectivity index (χ3n) is 10.9. The summed E-state index contributed by atoms with van der Waals surface area (Å²) in [5.41, 5.74) is -3.11. The molecule has 2 bridgehead atoms. The Kier molecular flexibility index (Phi) is 6.45. The van der Waals surface area contributed by atoms with Gasteiger partial charge in [-0.1, -0.05) is 45.3 Å². The highest BCUT2D eigenvalue weighted by atomic mass is 16.5. The molecule has 3 fully saturated rings. The normalized spacial score (nSPS) is 46.6. The molecular weight excluding hydrogens is 460 g/mol. The summed E-state index contributed by atoms with van der Waals surface area (Å²) in [6.45, 7) is 5.82. The first-order chi connectivity index (χ1) is 17.0. The zero-order valence-electron chi connectivity index (χ0n) is 21.9. The molecule has 8 unspecified atom stereocenters. The standard InChI is InChI=1S/C29H42O7/c1-18(30)36-21-16-26(2)12-10-22(31)29(28(26,34)14-9-19-15-24(33)35-17-19)23(32)11-13-27(3,25(21)29)20-7-5-4-6-8-20/h10,12,15,20-23,25,31-32,34H,4-9,11,13-14,16-17H2,1-3H3. The molecule has 0 aromatic carbocycles. The first-order valence-electron chi connectivity index (χ1n) is 13.8. The van der Waals surface area contributed by atoms with Crippen molar-refractivity contribution >= 4 is 11.9 Å². The lowest BCUT2D eigenvalue weighted by atomic mass is 9.34. The zero-order valence-corrected chi connectivity index (χ0v) is 21.9. The van der Waals surface area contributed by atoms with Crippen LogP contribution in [0.3, 0.4) is 0 Å². The number of fused-ring (bicyclic) bond motifs is 1. The number of rotatable bonds is 5. The van der Waals surface area contributed by atoms with Crippen molar-refractivity contribution in [2.45, 2.75) is 109 Å². The highest BCUT2D eigenvalue weighted by Gasteiger charge is 2.78. The van der Waals surface area contributed by atoms with Gasteiger partial charge in [-0.2, -0.15) is 0 Å². The van der Waals surface area contributed by atoms with E-state index in [1.807, 2.05) is 13.0 Å². The molecule has 1 spiro atoms. The van der Waals surface area contributed by atoms with Crippen molar-refractivity contribution in [3.05, 3.63) is 23.8 Å². The summed E-state index contributed by atoms with van der Waals surface area (Å²) in [7, 11) is 0. The molecule has 200 valence electrons. The van der Waals surface area contributed by atoms with Crippen LogP contribution in [0.5, 0.6) is 0 Å². The minimum atomic E-state index is -1.47. The van der Waals surface area contributed by atoms with Crippen LogP contribution in [0.1, 0.15) is 85.0 Å². The van der Waals surface area contributed by atoms with Crippen molar-refractivity contribution in [1.29, 1.82) is 0 Å². The second kappa shape index (κ2) is 8.95. The predicted molar refractivity (Wildman–Crippen MR) is 132 cm³/mol. The average molecular weight is 503 g/mol. The Bertz CT molecular complexity index is 967. The maximum atomic E-state index is 12.9. The number of aliphatic hydroxyl groups excluding tert-OH is 2. The van der Waals surface area contributed by atoms with Crippen LogP contribution in [0.4, 0.5) is 0 Å². The lowest BCUT2D eigenvalue weighted by Crippen LogP contribution is -2.80. The monoisotopic (exact) mass is 502 g/mol. The van der Waals surface area contributed by atoms with Crippen LogP contribution in [0.2, 0.25) is 0 Å². The van der Waals surface area contributed by atoms with E-state index in [9.17, 15) is 24.9 Å². The number of ether oxygens (including phenoxy) is 2. The zero-order chi connectivity index (χ0) is 25.9. The van der Waals surface area contributed by atoms with Crippen LogP contribution >= 0.6 is 0 Å². The van der Waals surface area contributed by atoms with Gasteiger partial charge in [0.15, 0.2) is 0 Å². The fourth-order valence-corrected chi connectivity index (χ4v) is 9.30. The Hall–Kier alpha value is -1.70. The highest BCUT2D eigenvalue weighted by Crippen LogP contribution is 2.72. The Morgan fingerprint density at radius 3 is 2.53 bits per heavy atom. The largest absolute Gasteiger partial charge is 0.462 e. The fraction of sp³-hybridized carbons (Fsp3) is 0.793. The third kappa shape index (κ3) is 3.56. The molecule has 8 atom stereocenters. The molecule has 0 saturated heterocycles. The molecule has 3 saturated carbocycles. The van der Waals surface area contributed by atoms with Crippen LogP contribution in [-0.2, 0) is 19.1 Å². The first-order valence-corrected chi connectivity index (χ1v) is 13.8. The third-order valence-corrected chi connectivity index (χ3v) is 10.9. The number of carbonyl (C=O) groups is 2. The van der Waals surface area contributed by atoms with Crippen LogP contribution < -0.4 is 0 Å². The van der Waals surface area contributed by atoms with Gasteiger partial charge in [0.2, 0.25) is 0 Å². The van der Waals surface area contributed by atoms with Crippen LogP contribution in [0, 0.1) is 28.1 Å². The molecule has 7 nitrogen and oxygen atoms in total. The number of hydrogen-bond donors (Lipinski definition) is 3. The van der Waals surface area contributed by atoms with Gasteiger partial charge in [-0.15, -0.1) is 0 Å². The Balaban J connectivity index is 1.66. The fourth-order valence-electron chi connectivity index (χ4n) is 9.30. The van der Waals surface area contributed by atoms with Crippen molar-refractivity contribution in [1.82, 2.24) is 0 Å². The summed E-state index contributed by atoms with van der Waals surface area (Å²) in [6, 6.07) is 0. The van der Waals surface area contributed by atoms with E-state index in [-0.39, 0.29) is 30.4 Å². The van der Waals surface area contributed by atoms with Crippen molar-refractivity contribution in [3.63, 3.8) is 0 Å². The first kappa shape index (κ1) is 25.9. The smallest absolute Gasteiger partial charge is 0.331 e. The summed E-state index contributed by atoms with van der Waals surface area (Å²) in [6.07, 6.45) is 10.5. The Morgan fingerprint density at radius 1 is 1.17 bits per heavy atom. The van der Waals surface area contributed by atoms with E-state index in [0.717, 1.165) is 37.7 Å². The van der Waals surface area contributed by atoms with E-state index in [2.05, 4.69) is 6.92 Å². The van der Waals surface area contributed by atoms with Crippen molar-refractivity contribution in [2.24, 2.45) is 28.1 Å². The summed E-state index contributed by atoms with van der Waals surface area (Å²) in [5, 5.41) is 36.5. The Morgan fingerprint density at radius 2 is 1.89 bits per heavy atom. The Labute approximate surface area is 213 Å². The number of cyclic esters (lactones) is 1. The van der Waals surface area contributed by atoms with Gasteiger partial charge >= 0.3 is 11.9 Å². The minimum Gasteiger partial charge on any atom is -0.462 e. The number of aliphatic hydroxyl groups is 3. The molecular formula is C29H42O7. The van der Waals surface area contributed by atoms with Gasteiger partial charge < -0.3 is 24.8 Å². The summed E-state index contributed by atoms with van der Waals surface area (Å²) in [4.78, 5) is 24.0. The maximum absolute atomic E-state index is 12.9. The molecule has 4 aliphatic carbocycles. The van der Waals surface area contributed by atoms with Gasteiger partial charge in [0.25, 0.3) is 0 Å². The molecule has 0 aromatic heterocycles. The average Bonchev–Trinajstić information content (AvgIpc) is 3.25. The van der Waals surface area contributed by atoms with E-state index in [1.54, 1.807) is 6.08 Å². The molecule has 0 aromatic rings. The van der Waals surface area contributed by atoms with E-state index in [0.29, 0.717) is 25.2 Å². The molecule has 5 aliphatic rings. The molecule has 7 heteroatoms. The number of hydrogen-bond acceptors (Lipinski definition) is 7. The van der Waals surface area contributed by atoms with Crippen molar-refractivity contribution < 1.29 is 34.4 Å². The lowest BCUT2D eigenvalue weighted by molar-refractivity contribution is -0.338. The molecule has 0 amide bonds. The molecule has 3 N–H and O–H groups in total. The van der Waals surface area contributed by atoms with E-state index < -0.39 is 40.7 Å². The summed E-state index contributed by atoms with van der Waals surface area (Å²) >= 11 is 0. The van der Waals surface area contributed by atoms with E-state index in [4.69, 9.17) is 9.47 Å². The predicted octanol–water partition coefficient (Wildman–Crippen LogP) is 3.60. The van der Waals surface area contributed by atoms with Crippen molar-refractivity contribution in [3.8, 4) is 0 Å². The summed E-state index contributed by atoms with van der Waals surface area (Å²) < 4.78 is 11.1. The lowest BCUT2D eigenvalue weighted by Gasteiger charge is -2.73. The molecule has 0 radical (unpaired) electrons. The molecule has 5 rings (SSSR count). The maximum Gasteiger partial charge on any atom is 0.331 e. The van der Waals surface area contributed by atoms with Gasteiger partial charge in [-0.25, -0.2) is 4.79 Å². The minimum absolute atomic E-state index is 0.207. The number of carbonyl (C=O) groups excluding carboxylic acids is 2. The van der Waals surface area contributed by atoms with Crippen LogP contribution in [0.25, 0.3) is 0 Å². The quantitative estimate of drug-likeness (QED) is 0.389. The SMILES string of the molecule is CC(=O)OC1CC2(C)C=CC(O)C3(C(O)CCC(C)(C4CCCCC4)C13)C2(O)CCC1=CC(=O)OC1. The second-order valence-electron chi connectivity index (χ2n) is 12.6. The van der Waals surface area contributed by atoms with Crippen LogP contribution in [-0.4, -0.2) is 57.8 Å². The van der Waals surface area contributed by atoms with E-state index in [1.165, 1.54) is 19.4 Å². The topological polar surface area (TPSA) is 113 Å². The molecule has 36 heavy (non-hydrogen) atoms. The number of esters is 2. The van der Waals surface area contributed by atoms with Gasteiger partial charge in [-0.3, -0.25) is 4.79 Å². The van der Waals surface area contributed by atoms with Gasteiger partial charge in [0.1, 0.15) is 12.7 Å². The van der Waals surface area contributed by atoms with E-state index >= 15 is 0 Å². The van der Waals surface area contributed by atoms with Gasteiger partial charge in [0.05, 0.1) is 23.2 Å². The highest BCUT2D eigenvalue weighted by molar-refractivity contribution is 5.85. The molecule has 1 heterocycles. The van der Waals surface area contributed by atoms with Crippen molar-refractivity contribution in [2.75, 3.05) is 6.61 Å². The van der Waals surface area contributed by atoms with Gasteiger partial charge in [0, 0.05) is 24.3 Å². The van der Waals surface area contributed by atoms with Gasteiger partial charge in [-0.05, 0) is 61.9 Å². The molecule has 1 aliphatic heterocycles. The second-order valence-corrected chi connectivity index (χ2v) is 12.6. The summed E-state index contributed by atoms with van der Waals surface area (Å²) in [5.74, 6) is -0.790. The van der Waals surface area contributed by atoms with Crippen LogP contribution in [0.15, 0.2) is 23.8 Å².